The van der Waals surface area contributed by atoms with E-state index in [1.54, 1.807) is 7.11 Å². The first-order valence-corrected chi connectivity index (χ1v) is 6.76. The van der Waals surface area contributed by atoms with E-state index in [4.69, 9.17) is 9.47 Å². The Morgan fingerprint density at radius 1 is 1.12 bits per heavy atom. The molecule has 0 aromatic heterocycles. The lowest BCUT2D eigenvalue weighted by Gasteiger charge is -2.30. The molecule has 0 aromatic rings. The van der Waals surface area contributed by atoms with E-state index in [0.717, 1.165) is 45.1 Å². The number of esters is 1. The fraction of sp³-hybridized carbons (Fsp3) is 0.923. The SMILES string of the molecule is COC1CCCC(OC(=O)[C@H]2CCCCN2)C1. The molecule has 17 heavy (non-hydrogen) atoms. The summed E-state index contributed by atoms with van der Waals surface area (Å²) < 4.78 is 10.9. The Morgan fingerprint density at radius 2 is 1.94 bits per heavy atom. The molecule has 1 saturated heterocycles. The van der Waals surface area contributed by atoms with Crippen LogP contribution in [-0.4, -0.2) is 37.9 Å². The second kappa shape index (κ2) is 6.36. The second-order valence-corrected chi connectivity index (χ2v) is 5.09. The van der Waals surface area contributed by atoms with E-state index in [-0.39, 0.29) is 24.2 Å². The fourth-order valence-electron chi connectivity index (χ4n) is 2.72. The Balaban J connectivity index is 1.77. The van der Waals surface area contributed by atoms with Gasteiger partial charge in [-0.3, -0.25) is 4.79 Å². The number of rotatable bonds is 3. The molecular weight excluding hydrogens is 218 g/mol. The Bertz CT molecular complexity index is 251. The largest absolute Gasteiger partial charge is 0.461 e. The van der Waals surface area contributed by atoms with Crippen molar-refractivity contribution in [2.75, 3.05) is 13.7 Å². The Kier molecular flexibility index (Phi) is 4.80. The second-order valence-electron chi connectivity index (χ2n) is 5.09. The standard InChI is InChI=1S/C13H23NO3/c1-16-10-5-4-6-11(9-10)17-13(15)12-7-2-3-8-14-12/h10-12,14H,2-9H2,1H3/t10?,11?,12-/m1/s1. The topological polar surface area (TPSA) is 47.6 Å². The van der Waals surface area contributed by atoms with Crippen LogP contribution in [0.25, 0.3) is 0 Å². The van der Waals surface area contributed by atoms with Crippen molar-refractivity contribution in [3.05, 3.63) is 0 Å². The fourth-order valence-corrected chi connectivity index (χ4v) is 2.72. The van der Waals surface area contributed by atoms with Gasteiger partial charge in [-0.2, -0.15) is 0 Å². The van der Waals surface area contributed by atoms with E-state index in [0.29, 0.717) is 0 Å². The lowest BCUT2D eigenvalue weighted by Crippen LogP contribution is -2.43. The van der Waals surface area contributed by atoms with Gasteiger partial charge in [-0.25, -0.2) is 0 Å². The molecule has 2 unspecified atom stereocenters. The monoisotopic (exact) mass is 241 g/mol. The van der Waals surface area contributed by atoms with Gasteiger partial charge in [-0.15, -0.1) is 0 Å². The average molecular weight is 241 g/mol. The normalized spacial score (nSPS) is 34.3. The summed E-state index contributed by atoms with van der Waals surface area (Å²) in [6.07, 6.45) is 7.55. The van der Waals surface area contributed by atoms with Crippen molar-refractivity contribution in [2.45, 2.75) is 63.2 Å². The average Bonchev–Trinajstić information content (AvgIpc) is 2.40. The summed E-state index contributed by atoms with van der Waals surface area (Å²) in [5, 5.41) is 3.23. The Hall–Kier alpha value is -0.610. The van der Waals surface area contributed by atoms with Gasteiger partial charge in [0.1, 0.15) is 12.1 Å². The molecule has 2 aliphatic rings. The van der Waals surface area contributed by atoms with Gasteiger partial charge < -0.3 is 14.8 Å². The molecule has 1 N–H and O–H groups in total. The van der Waals surface area contributed by atoms with Crippen LogP contribution in [0.2, 0.25) is 0 Å². The van der Waals surface area contributed by atoms with E-state index in [9.17, 15) is 4.79 Å². The van der Waals surface area contributed by atoms with E-state index >= 15 is 0 Å². The number of hydrogen-bond acceptors (Lipinski definition) is 4. The highest BCUT2D eigenvalue weighted by Crippen LogP contribution is 2.24. The molecule has 98 valence electrons. The predicted octanol–water partition coefficient (Wildman–Crippen LogP) is 1.63. The molecule has 1 aliphatic carbocycles. The van der Waals surface area contributed by atoms with Crippen LogP contribution in [-0.2, 0) is 14.3 Å². The lowest BCUT2D eigenvalue weighted by atomic mass is 9.94. The first kappa shape index (κ1) is 12.8. The van der Waals surface area contributed by atoms with Gasteiger partial charge in [-0.05, 0) is 38.6 Å². The quantitative estimate of drug-likeness (QED) is 0.763. The number of nitrogens with one attached hydrogen (secondary N) is 1. The molecule has 0 aromatic carbocycles. The Labute approximate surface area is 103 Å². The van der Waals surface area contributed by atoms with Gasteiger partial charge in [0.25, 0.3) is 0 Å². The van der Waals surface area contributed by atoms with Crippen LogP contribution in [0, 0.1) is 0 Å². The minimum Gasteiger partial charge on any atom is -0.461 e. The molecular formula is C13H23NO3. The third-order valence-electron chi connectivity index (χ3n) is 3.79. The van der Waals surface area contributed by atoms with Crippen molar-refractivity contribution in [1.82, 2.24) is 5.32 Å². The molecule has 0 bridgehead atoms. The molecule has 0 radical (unpaired) electrons. The van der Waals surface area contributed by atoms with Crippen molar-refractivity contribution >= 4 is 5.97 Å². The molecule has 1 heterocycles. The third kappa shape index (κ3) is 3.68. The number of piperidine rings is 1. The predicted molar refractivity (Wildman–Crippen MR) is 64.8 cm³/mol. The molecule has 3 atom stereocenters. The summed E-state index contributed by atoms with van der Waals surface area (Å²) in [4.78, 5) is 11.9. The van der Waals surface area contributed by atoms with E-state index < -0.39 is 0 Å². The summed E-state index contributed by atoms with van der Waals surface area (Å²) >= 11 is 0. The zero-order valence-electron chi connectivity index (χ0n) is 10.6. The van der Waals surface area contributed by atoms with Gasteiger partial charge in [-0.1, -0.05) is 6.42 Å². The van der Waals surface area contributed by atoms with Crippen molar-refractivity contribution in [3.63, 3.8) is 0 Å². The van der Waals surface area contributed by atoms with Gasteiger partial charge in [0.15, 0.2) is 0 Å². The minimum atomic E-state index is -0.0772. The van der Waals surface area contributed by atoms with Crippen LogP contribution in [0.4, 0.5) is 0 Å². The van der Waals surface area contributed by atoms with E-state index in [2.05, 4.69) is 5.32 Å². The summed E-state index contributed by atoms with van der Waals surface area (Å²) in [5.74, 6) is -0.0635. The number of carbonyl (C=O) groups is 1. The first-order valence-electron chi connectivity index (χ1n) is 6.76. The van der Waals surface area contributed by atoms with Crippen LogP contribution in [0.5, 0.6) is 0 Å². The summed E-state index contributed by atoms with van der Waals surface area (Å²) in [7, 11) is 1.73. The Morgan fingerprint density at radius 3 is 2.65 bits per heavy atom. The summed E-state index contributed by atoms with van der Waals surface area (Å²) in [5.41, 5.74) is 0. The van der Waals surface area contributed by atoms with Crippen molar-refractivity contribution in [2.24, 2.45) is 0 Å². The van der Waals surface area contributed by atoms with Crippen LogP contribution < -0.4 is 5.32 Å². The molecule has 1 saturated carbocycles. The summed E-state index contributed by atoms with van der Waals surface area (Å²) in [6.45, 7) is 0.936. The van der Waals surface area contributed by atoms with Gasteiger partial charge in [0.2, 0.25) is 0 Å². The highest BCUT2D eigenvalue weighted by atomic mass is 16.5. The van der Waals surface area contributed by atoms with Crippen LogP contribution >= 0.6 is 0 Å². The molecule has 4 nitrogen and oxygen atoms in total. The zero-order chi connectivity index (χ0) is 12.1. The van der Waals surface area contributed by atoms with Crippen LogP contribution in [0.3, 0.4) is 0 Å². The van der Waals surface area contributed by atoms with Crippen LogP contribution in [0.15, 0.2) is 0 Å². The maximum atomic E-state index is 11.9. The highest BCUT2D eigenvalue weighted by molar-refractivity contribution is 5.76. The highest BCUT2D eigenvalue weighted by Gasteiger charge is 2.28. The maximum absolute atomic E-state index is 11.9. The molecule has 2 rings (SSSR count). The lowest BCUT2D eigenvalue weighted by molar-refractivity contribution is -0.155. The number of ether oxygens (including phenoxy) is 2. The van der Waals surface area contributed by atoms with E-state index in [1.807, 2.05) is 0 Å². The number of hydrogen-bond donors (Lipinski definition) is 1. The first-order chi connectivity index (χ1) is 8.29. The van der Waals surface area contributed by atoms with Gasteiger partial charge >= 0.3 is 5.97 Å². The zero-order valence-corrected chi connectivity index (χ0v) is 10.6. The number of carbonyl (C=O) groups excluding carboxylic acids is 1. The van der Waals surface area contributed by atoms with Crippen LogP contribution in [0.1, 0.15) is 44.9 Å². The number of methoxy groups -OCH3 is 1. The molecule has 0 spiro atoms. The molecule has 1 aliphatic heterocycles. The smallest absolute Gasteiger partial charge is 0.323 e. The van der Waals surface area contributed by atoms with Crippen molar-refractivity contribution in [1.29, 1.82) is 0 Å². The molecule has 0 amide bonds. The van der Waals surface area contributed by atoms with Gasteiger partial charge in [0, 0.05) is 13.5 Å². The maximum Gasteiger partial charge on any atom is 0.323 e. The molecule has 2 fully saturated rings. The van der Waals surface area contributed by atoms with Gasteiger partial charge in [0.05, 0.1) is 6.10 Å². The van der Waals surface area contributed by atoms with E-state index in [1.165, 1.54) is 6.42 Å². The summed E-state index contributed by atoms with van der Waals surface area (Å²) in [6, 6.07) is -0.0772. The van der Waals surface area contributed by atoms with Crippen molar-refractivity contribution < 1.29 is 14.3 Å². The third-order valence-corrected chi connectivity index (χ3v) is 3.79. The molecule has 4 heteroatoms. The minimum absolute atomic E-state index is 0.0601. The van der Waals surface area contributed by atoms with Crippen molar-refractivity contribution in [3.8, 4) is 0 Å².